The van der Waals surface area contributed by atoms with Crippen LogP contribution in [0.3, 0.4) is 0 Å². The van der Waals surface area contributed by atoms with Crippen LogP contribution in [0, 0.1) is 12.7 Å². The zero-order valence-corrected chi connectivity index (χ0v) is 22.0. The first-order valence-corrected chi connectivity index (χ1v) is 12.6. The van der Waals surface area contributed by atoms with E-state index in [-0.39, 0.29) is 22.8 Å². The maximum Gasteiger partial charge on any atom is 0.273 e. The van der Waals surface area contributed by atoms with Gasteiger partial charge in [-0.2, -0.15) is 4.37 Å². The highest BCUT2D eigenvalue weighted by Gasteiger charge is 2.36. The van der Waals surface area contributed by atoms with E-state index < -0.39 is 29.6 Å². The lowest BCUT2D eigenvalue weighted by atomic mass is 10.0. The molecule has 0 aliphatic carbocycles. The zero-order valence-electron chi connectivity index (χ0n) is 21.2. The molecule has 11 heteroatoms. The number of nitrogens with one attached hydrogen (secondary N) is 1. The summed E-state index contributed by atoms with van der Waals surface area (Å²) in [5, 5.41) is 2.86. The molecular formula is C28H26FN5O4S. The lowest BCUT2D eigenvalue weighted by molar-refractivity contribution is -0.122. The minimum absolute atomic E-state index is 0.0306. The van der Waals surface area contributed by atoms with E-state index >= 15 is 0 Å². The largest absolute Gasteiger partial charge is 0.497 e. The molecule has 5 N–H and O–H groups in total. The number of anilines is 2. The number of hydrogen-bond donors (Lipinski definition) is 3. The number of methoxy groups -OCH3 is 1. The standard InChI is InChI=1S/C28H26FN5O4S/c1-16-5-3-4-6-21(16)34(28(37)25-22(30)23(26(31)35)33-39-25)24(18-9-13-20(38-2)14-10-18)27(36)32-15-17-7-11-19(29)12-8-17/h3-14,24H,15,30H2,1-2H3,(H2,31,35)(H,32,36)/t24-/m1/s1. The van der Waals surface area contributed by atoms with Crippen molar-refractivity contribution in [2.24, 2.45) is 5.73 Å². The average molecular weight is 548 g/mol. The SMILES string of the molecule is COc1ccc([C@H](C(=O)NCc2ccc(F)cc2)N(C(=O)c2snc(C(N)=O)c2N)c2ccccc2C)cc1. The van der Waals surface area contributed by atoms with Gasteiger partial charge in [-0.3, -0.25) is 19.3 Å². The van der Waals surface area contributed by atoms with Crippen molar-refractivity contribution in [3.05, 3.63) is 106 Å². The number of aryl methyl sites for hydroxylation is 1. The third-order valence-electron chi connectivity index (χ3n) is 6.07. The van der Waals surface area contributed by atoms with Gasteiger partial charge in [0.2, 0.25) is 5.91 Å². The van der Waals surface area contributed by atoms with E-state index in [1.54, 1.807) is 48.5 Å². The van der Waals surface area contributed by atoms with Gasteiger partial charge < -0.3 is 21.5 Å². The minimum Gasteiger partial charge on any atom is -0.497 e. The quantitative estimate of drug-likeness (QED) is 0.289. The molecule has 0 fully saturated rings. The van der Waals surface area contributed by atoms with Crippen LogP contribution in [0.15, 0.2) is 72.8 Å². The second-order valence-electron chi connectivity index (χ2n) is 8.62. The predicted octanol–water partition coefficient (Wildman–Crippen LogP) is 3.98. The number of aromatic nitrogens is 1. The first-order valence-electron chi connectivity index (χ1n) is 11.8. The second kappa shape index (κ2) is 11.7. The molecule has 0 spiro atoms. The van der Waals surface area contributed by atoms with Gasteiger partial charge in [0.05, 0.1) is 12.8 Å². The number of benzene rings is 3. The van der Waals surface area contributed by atoms with E-state index in [2.05, 4.69) is 9.69 Å². The smallest absolute Gasteiger partial charge is 0.273 e. The van der Waals surface area contributed by atoms with Crippen molar-refractivity contribution in [2.75, 3.05) is 17.7 Å². The number of nitrogens with two attached hydrogens (primary N) is 2. The van der Waals surface area contributed by atoms with Crippen LogP contribution in [0.1, 0.15) is 42.9 Å². The number of ether oxygens (including phenoxy) is 1. The molecule has 0 bridgehead atoms. The van der Waals surface area contributed by atoms with Crippen LogP contribution < -0.4 is 26.4 Å². The van der Waals surface area contributed by atoms with Crippen molar-refractivity contribution >= 4 is 40.6 Å². The topological polar surface area (TPSA) is 141 Å². The molecule has 1 aromatic heterocycles. The van der Waals surface area contributed by atoms with Gasteiger partial charge in [-0.05, 0) is 65.5 Å². The summed E-state index contributed by atoms with van der Waals surface area (Å²) in [7, 11) is 1.52. The highest BCUT2D eigenvalue weighted by molar-refractivity contribution is 7.09. The average Bonchev–Trinajstić information content (AvgIpc) is 3.33. The van der Waals surface area contributed by atoms with Crippen LogP contribution >= 0.6 is 11.5 Å². The maximum atomic E-state index is 14.1. The van der Waals surface area contributed by atoms with Crippen LogP contribution in [0.2, 0.25) is 0 Å². The molecule has 3 aromatic carbocycles. The van der Waals surface area contributed by atoms with Gasteiger partial charge in [-0.15, -0.1) is 0 Å². The van der Waals surface area contributed by atoms with Gasteiger partial charge in [0.1, 0.15) is 22.5 Å². The number of carbonyl (C=O) groups excluding carboxylic acids is 3. The number of para-hydroxylation sites is 1. The fourth-order valence-corrected chi connectivity index (χ4v) is 4.77. The van der Waals surface area contributed by atoms with E-state index in [0.29, 0.717) is 28.1 Å². The van der Waals surface area contributed by atoms with E-state index in [9.17, 15) is 18.8 Å². The molecule has 39 heavy (non-hydrogen) atoms. The van der Waals surface area contributed by atoms with Crippen LogP contribution in [-0.2, 0) is 11.3 Å². The molecule has 1 atom stereocenters. The first kappa shape index (κ1) is 27.3. The fourth-order valence-electron chi connectivity index (χ4n) is 4.03. The summed E-state index contributed by atoms with van der Waals surface area (Å²) in [5.74, 6) is -1.83. The Morgan fingerprint density at radius 1 is 1.05 bits per heavy atom. The van der Waals surface area contributed by atoms with Crippen molar-refractivity contribution in [1.82, 2.24) is 9.69 Å². The van der Waals surface area contributed by atoms with E-state index in [1.165, 1.54) is 24.1 Å². The highest BCUT2D eigenvalue weighted by Crippen LogP contribution is 2.35. The third kappa shape index (κ3) is 5.88. The maximum absolute atomic E-state index is 14.1. The van der Waals surface area contributed by atoms with Gasteiger partial charge in [0, 0.05) is 12.2 Å². The molecule has 0 aliphatic rings. The Kier molecular flexibility index (Phi) is 8.21. The Morgan fingerprint density at radius 3 is 2.31 bits per heavy atom. The van der Waals surface area contributed by atoms with E-state index in [4.69, 9.17) is 16.2 Å². The predicted molar refractivity (Wildman–Crippen MR) is 147 cm³/mol. The van der Waals surface area contributed by atoms with Gasteiger partial charge in [-0.25, -0.2) is 4.39 Å². The number of halogens is 1. The second-order valence-corrected chi connectivity index (χ2v) is 9.39. The number of primary amides is 1. The van der Waals surface area contributed by atoms with Crippen molar-refractivity contribution in [1.29, 1.82) is 0 Å². The van der Waals surface area contributed by atoms with Crippen molar-refractivity contribution < 1.29 is 23.5 Å². The van der Waals surface area contributed by atoms with Crippen LogP contribution in [0.25, 0.3) is 0 Å². The molecule has 4 aromatic rings. The van der Waals surface area contributed by atoms with Crippen molar-refractivity contribution in [2.45, 2.75) is 19.5 Å². The Hall–Kier alpha value is -4.77. The monoisotopic (exact) mass is 547 g/mol. The van der Waals surface area contributed by atoms with Crippen molar-refractivity contribution in [3.8, 4) is 5.75 Å². The Morgan fingerprint density at radius 2 is 1.72 bits per heavy atom. The summed E-state index contributed by atoms with van der Waals surface area (Å²) in [6, 6.07) is 18.4. The number of rotatable bonds is 9. The summed E-state index contributed by atoms with van der Waals surface area (Å²) in [6.45, 7) is 1.90. The molecule has 0 aliphatic heterocycles. The first-order chi connectivity index (χ1) is 18.7. The molecule has 4 rings (SSSR count). The van der Waals surface area contributed by atoms with E-state index in [1.807, 2.05) is 19.1 Å². The molecule has 9 nitrogen and oxygen atoms in total. The molecule has 1 heterocycles. The number of amides is 3. The number of carbonyl (C=O) groups is 3. The van der Waals surface area contributed by atoms with Crippen LogP contribution in [0.5, 0.6) is 5.75 Å². The minimum atomic E-state index is -1.16. The summed E-state index contributed by atoms with van der Waals surface area (Å²) in [5.41, 5.74) is 13.4. The molecule has 0 radical (unpaired) electrons. The Balaban J connectivity index is 1.83. The third-order valence-corrected chi connectivity index (χ3v) is 6.92. The fraction of sp³-hybridized carbons (Fsp3) is 0.143. The number of nitrogens with zero attached hydrogens (tertiary/aromatic N) is 2. The Bertz CT molecular complexity index is 1510. The summed E-state index contributed by atoms with van der Waals surface area (Å²) in [4.78, 5) is 41.1. The van der Waals surface area contributed by atoms with Gasteiger partial charge >= 0.3 is 0 Å². The van der Waals surface area contributed by atoms with Gasteiger partial charge in [0.25, 0.3) is 11.8 Å². The summed E-state index contributed by atoms with van der Waals surface area (Å²) < 4.78 is 22.6. The number of nitrogen functional groups attached to an aromatic ring is 1. The molecule has 200 valence electrons. The molecule has 0 saturated heterocycles. The highest BCUT2D eigenvalue weighted by atomic mass is 32.1. The van der Waals surface area contributed by atoms with Gasteiger partial charge in [0.15, 0.2) is 5.69 Å². The zero-order chi connectivity index (χ0) is 28.1. The van der Waals surface area contributed by atoms with Crippen LogP contribution in [0.4, 0.5) is 15.8 Å². The summed E-state index contributed by atoms with van der Waals surface area (Å²) in [6.07, 6.45) is 0. The molecule has 0 unspecified atom stereocenters. The Labute approximate surface area is 228 Å². The number of hydrogen-bond acceptors (Lipinski definition) is 7. The van der Waals surface area contributed by atoms with Gasteiger partial charge in [-0.1, -0.05) is 42.5 Å². The summed E-state index contributed by atoms with van der Waals surface area (Å²) >= 11 is 0.729. The lowest BCUT2D eigenvalue weighted by Crippen LogP contribution is -2.44. The van der Waals surface area contributed by atoms with E-state index in [0.717, 1.165) is 11.5 Å². The molecular weight excluding hydrogens is 521 g/mol. The molecule has 3 amide bonds. The van der Waals surface area contributed by atoms with Crippen LogP contribution in [-0.4, -0.2) is 29.2 Å². The lowest BCUT2D eigenvalue weighted by Gasteiger charge is -2.32. The normalized spacial score (nSPS) is 11.5. The van der Waals surface area contributed by atoms with Crippen molar-refractivity contribution in [3.63, 3.8) is 0 Å². The molecule has 0 saturated carbocycles.